The Balaban J connectivity index is 1.72. The molecule has 1 aliphatic heterocycles. The first-order chi connectivity index (χ1) is 12.2. The molecule has 25 heavy (non-hydrogen) atoms. The third-order valence-corrected chi connectivity index (χ3v) is 4.74. The number of hydrogen-bond acceptors (Lipinski definition) is 3. The molecular weight excluding hydrogens is 316 g/mol. The molecule has 5 nitrogen and oxygen atoms in total. The number of nitrogens with one attached hydrogen (secondary N) is 1. The third kappa shape index (κ3) is 2.58. The molecule has 2 heterocycles. The van der Waals surface area contributed by atoms with Gasteiger partial charge in [-0.15, -0.1) is 0 Å². The number of pyridine rings is 1. The Kier molecular flexibility index (Phi) is 3.76. The summed E-state index contributed by atoms with van der Waals surface area (Å²) in [6, 6.07) is 13.3. The maximum Gasteiger partial charge on any atom is 0.259 e. The molecule has 0 saturated carbocycles. The fourth-order valence-corrected chi connectivity index (χ4v) is 3.39. The first kappa shape index (κ1) is 15.4. The number of methoxy groups -OCH3 is 1. The van der Waals surface area contributed by atoms with Crippen molar-refractivity contribution in [1.82, 2.24) is 9.88 Å². The number of aromatic nitrogens is 1. The van der Waals surface area contributed by atoms with Gasteiger partial charge in [0.15, 0.2) is 0 Å². The van der Waals surface area contributed by atoms with Crippen molar-refractivity contribution in [2.75, 3.05) is 13.7 Å². The van der Waals surface area contributed by atoms with Crippen LogP contribution in [0.4, 0.5) is 0 Å². The predicted octanol–water partition coefficient (Wildman–Crippen LogP) is 2.74. The Hall–Kier alpha value is -3.08. The number of carbonyl (C=O) groups is 1. The minimum Gasteiger partial charge on any atom is -0.495 e. The van der Waals surface area contributed by atoms with E-state index in [1.165, 1.54) is 11.8 Å². The lowest BCUT2D eigenvalue weighted by molar-refractivity contribution is 0.0733. The van der Waals surface area contributed by atoms with Crippen LogP contribution in [0.25, 0.3) is 10.9 Å². The average Bonchev–Trinajstić information content (AvgIpc) is 2.67. The van der Waals surface area contributed by atoms with Crippen molar-refractivity contribution in [1.29, 1.82) is 0 Å². The van der Waals surface area contributed by atoms with Crippen LogP contribution in [0.2, 0.25) is 0 Å². The summed E-state index contributed by atoms with van der Waals surface area (Å²) in [4.78, 5) is 30.5. The summed E-state index contributed by atoms with van der Waals surface area (Å²) in [6.45, 7) is 1.15. The molecular formula is C20H18N2O3. The highest BCUT2D eigenvalue weighted by Gasteiger charge is 2.24. The first-order valence-electron chi connectivity index (χ1n) is 8.23. The maximum atomic E-state index is 12.9. The zero-order chi connectivity index (χ0) is 17.4. The number of aromatic amines is 1. The number of carbonyl (C=O) groups excluding carboxylic acids is 1. The lowest BCUT2D eigenvalue weighted by Gasteiger charge is -2.28. The second-order valence-electron chi connectivity index (χ2n) is 6.16. The van der Waals surface area contributed by atoms with Crippen molar-refractivity contribution in [2.45, 2.75) is 13.0 Å². The normalized spacial score (nSPS) is 13.6. The predicted molar refractivity (Wildman–Crippen MR) is 96.0 cm³/mol. The second-order valence-corrected chi connectivity index (χ2v) is 6.16. The molecule has 126 valence electrons. The fourth-order valence-electron chi connectivity index (χ4n) is 3.39. The number of hydrogen-bond donors (Lipinski definition) is 1. The van der Waals surface area contributed by atoms with Gasteiger partial charge in [0, 0.05) is 19.3 Å². The summed E-state index contributed by atoms with van der Waals surface area (Å²) >= 11 is 0. The van der Waals surface area contributed by atoms with Gasteiger partial charge in [-0.1, -0.05) is 30.3 Å². The summed E-state index contributed by atoms with van der Waals surface area (Å²) in [7, 11) is 1.55. The molecule has 0 unspecified atom stereocenters. The highest BCUT2D eigenvalue weighted by Crippen LogP contribution is 2.23. The van der Waals surface area contributed by atoms with Gasteiger partial charge >= 0.3 is 0 Å². The van der Waals surface area contributed by atoms with Gasteiger partial charge in [0.2, 0.25) is 5.43 Å². The van der Waals surface area contributed by atoms with E-state index in [0.29, 0.717) is 29.7 Å². The molecule has 4 rings (SSSR count). The molecule has 3 aromatic rings. The quantitative estimate of drug-likeness (QED) is 0.784. The van der Waals surface area contributed by atoms with E-state index in [1.54, 1.807) is 30.2 Å². The van der Waals surface area contributed by atoms with Gasteiger partial charge in [0.25, 0.3) is 5.91 Å². The van der Waals surface area contributed by atoms with E-state index in [9.17, 15) is 9.59 Å². The van der Waals surface area contributed by atoms with Crippen molar-refractivity contribution in [3.05, 3.63) is 75.6 Å². The van der Waals surface area contributed by atoms with E-state index in [4.69, 9.17) is 4.74 Å². The van der Waals surface area contributed by atoms with Crippen molar-refractivity contribution < 1.29 is 9.53 Å². The van der Waals surface area contributed by atoms with Crippen LogP contribution in [0.15, 0.2) is 53.5 Å². The number of ether oxygens (including phenoxy) is 1. The SMILES string of the molecule is COc1cccc2c(=O)c(C(=O)N3CCc4ccccc4C3)c[nH]c12. The van der Waals surface area contributed by atoms with Crippen LogP contribution >= 0.6 is 0 Å². The third-order valence-electron chi connectivity index (χ3n) is 4.74. The van der Waals surface area contributed by atoms with Gasteiger partial charge in [0.1, 0.15) is 11.3 Å². The standard InChI is InChI=1S/C20H18N2O3/c1-25-17-8-4-7-15-18(17)21-11-16(19(15)23)20(24)22-10-9-13-5-2-3-6-14(13)12-22/h2-8,11H,9-10,12H2,1H3,(H,21,23). The molecule has 0 saturated heterocycles. The van der Waals surface area contributed by atoms with Gasteiger partial charge < -0.3 is 14.6 Å². The summed E-state index contributed by atoms with van der Waals surface area (Å²) in [5.74, 6) is 0.348. The van der Waals surface area contributed by atoms with Gasteiger partial charge in [-0.3, -0.25) is 9.59 Å². The van der Waals surface area contributed by atoms with Crippen molar-refractivity contribution >= 4 is 16.8 Å². The lowest BCUT2D eigenvalue weighted by atomic mass is 9.99. The van der Waals surface area contributed by atoms with E-state index in [-0.39, 0.29) is 16.9 Å². The molecule has 0 bridgehead atoms. The van der Waals surface area contributed by atoms with E-state index in [0.717, 1.165) is 12.0 Å². The lowest BCUT2D eigenvalue weighted by Crippen LogP contribution is -2.38. The van der Waals surface area contributed by atoms with E-state index in [1.807, 2.05) is 18.2 Å². The van der Waals surface area contributed by atoms with E-state index >= 15 is 0 Å². The fraction of sp³-hybridized carbons (Fsp3) is 0.200. The summed E-state index contributed by atoms with van der Waals surface area (Å²) in [5, 5.41) is 0.461. The highest BCUT2D eigenvalue weighted by molar-refractivity contribution is 5.98. The van der Waals surface area contributed by atoms with Gasteiger partial charge in [-0.05, 0) is 29.7 Å². The minimum absolute atomic E-state index is 0.167. The smallest absolute Gasteiger partial charge is 0.259 e. The number of H-pyrrole nitrogens is 1. The number of fused-ring (bicyclic) bond motifs is 2. The Morgan fingerprint density at radius 2 is 1.92 bits per heavy atom. The first-order valence-corrected chi connectivity index (χ1v) is 8.23. The van der Waals surface area contributed by atoms with Crippen molar-refractivity contribution in [3.8, 4) is 5.75 Å². The van der Waals surface area contributed by atoms with E-state index < -0.39 is 0 Å². The molecule has 1 aromatic heterocycles. The second kappa shape index (κ2) is 6.09. The van der Waals surface area contributed by atoms with Gasteiger partial charge in [0.05, 0.1) is 18.0 Å². The maximum absolute atomic E-state index is 12.9. The number of nitrogens with zero attached hydrogens (tertiary/aromatic N) is 1. The molecule has 5 heteroatoms. The van der Waals surface area contributed by atoms with E-state index in [2.05, 4.69) is 11.1 Å². The van der Waals surface area contributed by atoms with Crippen LogP contribution in [0.3, 0.4) is 0 Å². The molecule has 0 spiro atoms. The topological polar surface area (TPSA) is 62.4 Å². The molecule has 0 aliphatic carbocycles. The molecule has 2 aromatic carbocycles. The van der Waals surface area contributed by atoms with Gasteiger partial charge in [-0.25, -0.2) is 0 Å². The summed E-state index contributed by atoms with van der Waals surface area (Å²) in [6.07, 6.45) is 2.30. The molecule has 0 atom stereocenters. The number of benzene rings is 2. The van der Waals surface area contributed by atoms with Gasteiger partial charge in [-0.2, -0.15) is 0 Å². The van der Waals surface area contributed by atoms with Crippen LogP contribution in [-0.4, -0.2) is 29.4 Å². The molecule has 1 amide bonds. The van der Waals surface area contributed by atoms with Crippen LogP contribution < -0.4 is 10.2 Å². The average molecular weight is 334 g/mol. The van der Waals surface area contributed by atoms with Crippen LogP contribution in [0, 0.1) is 0 Å². The van der Waals surface area contributed by atoms with Crippen LogP contribution in [-0.2, 0) is 13.0 Å². The Bertz CT molecular complexity index is 1020. The largest absolute Gasteiger partial charge is 0.495 e. The Labute approximate surface area is 144 Å². The Morgan fingerprint density at radius 1 is 1.12 bits per heavy atom. The van der Waals surface area contributed by atoms with Crippen molar-refractivity contribution in [3.63, 3.8) is 0 Å². The van der Waals surface area contributed by atoms with Crippen molar-refractivity contribution in [2.24, 2.45) is 0 Å². The summed E-state index contributed by atoms with van der Waals surface area (Å²) < 4.78 is 5.27. The molecule has 1 aliphatic rings. The minimum atomic E-state index is -0.267. The number of amides is 1. The van der Waals surface area contributed by atoms with Crippen LogP contribution in [0.1, 0.15) is 21.5 Å². The molecule has 1 N–H and O–H groups in total. The summed E-state index contributed by atoms with van der Waals surface area (Å²) in [5.41, 5.74) is 2.91. The zero-order valence-corrected chi connectivity index (χ0v) is 13.9. The van der Waals surface area contributed by atoms with Crippen LogP contribution in [0.5, 0.6) is 5.75 Å². The number of para-hydroxylation sites is 1. The Morgan fingerprint density at radius 3 is 2.72 bits per heavy atom. The highest BCUT2D eigenvalue weighted by atomic mass is 16.5. The monoisotopic (exact) mass is 334 g/mol. The number of rotatable bonds is 2. The zero-order valence-electron chi connectivity index (χ0n) is 13.9. The molecule has 0 fully saturated rings. The molecule has 0 radical (unpaired) electrons.